The van der Waals surface area contributed by atoms with Crippen LogP contribution in [0.2, 0.25) is 0 Å². The number of nitrogens with zero attached hydrogens (tertiary/aromatic N) is 2. The Morgan fingerprint density at radius 2 is 1.78 bits per heavy atom. The summed E-state index contributed by atoms with van der Waals surface area (Å²) in [7, 11) is 0. The summed E-state index contributed by atoms with van der Waals surface area (Å²) in [5, 5.41) is 9.66. The number of aromatic nitrogens is 3. The molecule has 1 heterocycles. The Bertz CT molecular complexity index is 1220. The summed E-state index contributed by atoms with van der Waals surface area (Å²) < 4.78 is 38.7. The molecular formula is C23H20F3N5S. The maximum atomic E-state index is 12.9. The summed E-state index contributed by atoms with van der Waals surface area (Å²) in [5.74, 6) is 0.692. The molecule has 0 fully saturated rings. The lowest BCUT2D eigenvalue weighted by Gasteiger charge is -2.08. The highest BCUT2D eigenvalue weighted by molar-refractivity contribution is 7.99. The molecule has 0 spiro atoms. The van der Waals surface area contributed by atoms with Crippen molar-refractivity contribution in [2.75, 3.05) is 11.1 Å². The van der Waals surface area contributed by atoms with Crippen LogP contribution in [0.5, 0.6) is 0 Å². The van der Waals surface area contributed by atoms with Crippen LogP contribution in [-0.2, 0) is 12.6 Å². The zero-order chi connectivity index (χ0) is 22.7. The van der Waals surface area contributed by atoms with Crippen LogP contribution in [0.4, 0.5) is 30.5 Å². The van der Waals surface area contributed by atoms with Crippen molar-refractivity contribution in [2.45, 2.75) is 29.3 Å². The summed E-state index contributed by atoms with van der Waals surface area (Å²) in [4.78, 5) is 6.45. The van der Waals surface area contributed by atoms with E-state index in [0.717, 1.165) is 39.6 Å². The van der Waals surface area contributed by atoms with Crippen LogP contribution >= 0.6 is 11.8 Å². The first-order valence-corrected chi connectivity index (χ1v) is 10.7. The summed E-state index contributed by atoms with van der Waals surface area (Å²) in [6.45, 7) is 2.09. The minimum atomic E-state index is -4.41. The quantitative estimate of drug-likeness (QED) is 0.288. The first-order chi connectivity index (χ1) is 15.3. The number of aromatic amines is 1. The molecule has 32 heavy (non-hydrogen) atoms. The summed E-state index contributed by atoms with van der Waals surface area (Å²) in [6.07, 6.45) is -3.49. The Kier molecular flexibility index (Phi) is 6.09. The van der Waals surface area contributed by atoms with Gasteiger partial charge in [-0.15, -0.1) is 5.10 Å². The molecule has 0 aliphatic heterocycles. The van der Waals surface area contributed by atoms with E-state index in [1.807, 2.05) is 36.4 Å². The predicted molar refractivity (Wildman–Crippen MR) is 121 cm³/mol. The smallest absolute Gasteiger partial charge is 0.399 e. The number of H-pyrrole nitrogens is 1. The van der Waals surface area contributed by atoms with Gasteiger partial charge in [0.25, 0.3) is 0 Å². The second kappa shape index (κ2) is 8.96. The average Bonchev–Trinajstić information content (AvgIpc) is 3.22. The van der Waals surface area contributed by atoms with Gasteiger partial charge in [-0.05, 0) is 60.5 Å². The largest absolute Gasteiger partial charge is 0.416 e. The van der Waals surface area contributed by atoms with E-state index < -0.39 is 11.7 Å². The topological polar surface area (TPSA) is 79.6 Å². The van der Waals surface area contributed by atoms with Gasteiger partial charge in [0.2, 0.25) is 5.95 Å². The molecule has 4 aromatic rings. The lowest BCUT2D eigenvalue weighted by molar-refractivity contribution is -0.137. The van der Waals surface area contributed by atoms with Gasteiger partial charge in [-0.2, -0.15) is 18.2 Å². The van der Waals surface area contributed by atoms with Gasteiger partial charge in [-0.25, -0.2) is 0 Å². The van der Waals surface area contributed by atoms with Crippen LogP contribution in [0, 0.1) is 0 Å². The summed E-state index contributed by atoms with van der Waals surface area (Å²) >= 11 is 1.61. The van der Waals surface area contributed by atoms with Crippen molar-refractivity contribution in [3.05, 3.63) is 77.9 Å². The number of hydrogen-bond acceptors (Lipinski definition) is 5. The first-order valence-electron chi connectivity index (χ1n) is 9.84. The van der Waals surface area contributed by atoms with E-state index in [2.05, 4.69) is 33.5 Å². The van der Waals surface area contributed by atoms with Crippen molar-refractivity contribution in [3.8, 4) is 11.4 Å². The second-order valence-corrected chi connectivity index (χ2v) is 8.25. The van der Waals surface area contributed by atoms with Crippen molar-refractivity contribution in [1.82, 2.24) is 15.2 Å². The molecule has 0 unspecified atom stereocenters. The monoisotopic (exact) mass is 455 g/mol. The standard InChI is InChI=1S/C23H20F3N5S/c1-2-14-10-17(27)13-20(11-14)32-19-8-6-15(7-9-19)21-29-22(31-30-21)28-18-5-3-4-16(12-18)23(24,25)26/h3-13H,2,27H2,1H3,(H2,28,29,30,31). The highest BCUT2D eigenvalue weighted by Crippen LogP contribution is 2.33. The molecule has 5 nitrogen and oxygen atoms in total. The van der Waals surface area contributed by atoms with Gasteiger partial charge in [0, 0.05) is 26.7 Å². The molecule has 0 saturated carbocycles. The number of aryl methyl sites for hydroxylation is 1. The van der Waals surface area contributed by atoms with Crippen molar-refractivity contribution in [1.29, 1.82) is 0 Å². The number of benzene rings is 3. The Morgan fingerprint density at radius 1 is 1.00 bits per heavy atom. The van der Waals surface area contributed by atoms with Gasteiger partial charge in [-0.1, -0.05) is 36.9 Å². The van der Waals surface area contributed by atoms with E-state index in [4.69, 9.17) is 5.73 Å². The molecule has 0 amide bonds. The molecule has 0 aliphatic rings. The zero-order valence-electron chi connectivity index (χ0n) is 17.1. The lowest BCUT2D eigenvalue weighted by Crippen LogP contribution is -2.05. The van der Waals surface area contributed by atoms with Gasteiger partial charge >= 0.3 is 6.18 Å². The van der Waals surface area contributed by atoms with Crippen LogP contribution in [0.25, 0.3) is 11.4 Å². The number of halogens is 3. The fraction of sp³-hybridized carbons (Fsp3) is 0.130. The van der Waals surface area contributed by atoms with E-state index in [1.165, 1.54) is 17.7 Å². The van der Waals surface area contributed by atoms with Crippen molar-refractivity contribution >= 4 is 29.1 Å². The van der Waals surface area contributed by atoms with E-state index in [9.17, 15) is 13.2 Å². The minimum Gasteiger partial charge on any atom is -0.399 e. The van der Waals surface area contributed by atoms with Crippen molar-refractivity contribution < 1.29 is 13.2 Å². The molecule has 4 rings (SSSR count). The average molecular weight is 456 g/mol. The van der Waals surface area contributed by atoms with Crippen LogP contribution < -0.4 is 11.1 Å². The normalized spacial score (nSPS) is 11.5. The Hall–Kier alpha value is -3.46. The lowest BCUT2D eigenvalue weighted by atomic mass is 10.1. The molecule has 0 aliphatic carbocycles. The molecular weight excluding hydrogens is 435 g/mol. The Balaban J connectivity index is 1.46. The fourth-order valence-electron chi connectivity index (χ4n) is 3.12. The van der Waals surface area contributed by atoms with E-state index in [1.54, 1.807) is 11.8 Å². The highest BCUT2D eigenvalue weighted by Gasteiger charge is 2.30. The number of anilines is 3. The predicted octanol–water partition coefficient (Wildman–Crippen LogP) is 6.53. The minimum absolute atomic E-state index is 0.185. The van der Waals surface area contributed by atoms with Crippen molar-refractivity contribution in [3.63, 3.8) is 0 Å². The zero-order valence-corrected chi connectivity index (χ0v) is 17.9. The maximum absolute atomic E-state index is 12.9. The highest BCUT2D eigenvalue weighted by atomic mass is 32.2. The third-order valence-electron chi connectivity index (χ3n) is 4.69. The number of nitrogens with one attached hydrogen (secondary N) is 2. The molecule has 0 bridgehead atoms. The van der Waals surface area contributed by atoms with Crippen molar-refractivity contribution in [2.24, 2.45) is 0 Å². The molecule has 4 N–H and O–H groups in total. The Labute approximate surface area is 187 Å². The van der Waals surface area contributed by atoms with Crippen LogP contribution in [0.3, 0.4) is 0 Å². The molecule has 164 valence electrons. The summed E-state index contributed by atoms with van der Waals surface area (Å²) in [5.41, 5.74) is 8.23. The van der Waals surface area contributed by atoms with E-state index in [-0.39, 0.29) is 11.6 Å². The number of nitrogens with two attached hydrogens (primary N) is 1. The van der Waals surface area contributed by atoms with Crippen LogP contribution in [-0.4, -0.2) is 15.2 Å². The fourth-order valence-corrected chi connectivity index (χ4v) is 4.06. The number of rotatable bonds is 6. The van der Waals surface area contributed by atoms with E-state index >= 15 is 0 Å². The van der Waals surface area contributed by atoms with Gasteiger partial charge in [0.15, 0.2) is 5.82 Å². The molecule has 1 aromatic heterocycles. The van der Waals surface area contributed by atoms with Gasteiger partial charge in [0.05, 0.1) is 5.56 Å². The van der Waals surface area contributed by atoms with Gasteiger partial charge in [0.1, 0.15) is 0 Å². The number of nitrogen functional groups attached to an aromatic ring is 1. The SMILES string of the molecule is CCc1cc(N)cc(Sc2ccc(-c3nc(Nc4cccc(C(F)(F)F)c4)n[nH]3)cc2)c1. The third kappa shape index (κ3) is 5.23. The third-order valence-corrected chi connectivity index (χ3v) is 5.67. The second-order valence-electron chi connectivity index (χ2n) is 7.10. The molecule has 0 atom stereocenters. The maximum Gasteiger partial charge on any atom is 0.416 e. The van der Waals surface area contributed by atoms with Gasteiger partial charge in [-0.3, -0.25) is 5.10 Å². The number of hydrogen-bond donors (Lipinski definition) is 3. The van der Waals surface area contributed by atoms with Crippen LogP contribution in [0.15, 0.2) is 76.5 Å². The number of alkyl halides is 3. The Morgan fingerprint density at radius 3 is 2.50 bits per heavy atom. The summed E-state index contributed by atoms with van der Waals surface area (Å²) in [6, 6.07) is 18.7. The van der Waals surface area contributed by atoms with Gasteiger partial charge < -0.3 is 11.1 Å². The molecule has 0 radical (unpaired) electrons. The van der Waals surface area contributed by atoms with E-state index in [0.29, 0.717) is 5.82 Å². The molecule has 3 aromatic carbocycles. The first kappa shape index (κ1) is 21.8. The molecule has 0 saturated heterocycles. The van der Waals surface area contributed by atoms with Crippen LogP contribution in [0.1, 0.15) is 18.1 Å². The molecule has 9 heteroatoms.